The number of hydrogen-bond acceptors (Lipinski definition) is 2. The van der Waals surface area contributed by atoms with Crippen LogP contribution in [0, 0.1) is 5.82 Å². The summed E-state index contributed by atoms with van der Waals surface area (Å²) < 4.78 is 12.9. The maximum absolute atomic E-state index is 12.9. The summed E-state index contributed by atoms with van der Waals surface area (Å²) >= 11 is 4.17. The van der Waals surface area contributed by atoms with Crippen LogP contribution in [0.4, 0.5) is 10.1 Å². The molecule has 0 N–H and O–H groups in total. The predicted octanol–water partition coefficient (Wildman–Crippen LogP) is 2.97. The molecule has 14 heavy (non-hydrogen) atoms. The molecule has 0 aliphatic rings. The van der Waals surface area contributed by atoms with Crippen molar-refractivity contribution in [2.75, 3.05) is 23.7 Å². The second-order valence-electron chi connectivity index (χ2n) is 3.14. The van der Waals surface area contributed by atoms with Gasteiger partial charge in [-0.05, 0) is 37.3 Å². The van der Waals surface area contributed by atoms with Gasteiger partial charge in [0.15, 0.2) is 0 Å². The van der Waals surface area contributed by atoms with Crippen LogP contribution in [0.1, 0.15) is 13.3 Å². The molecule has 1 nitrogen and oxygen atoms in total. The number of rotatable bonds is 5. The van der Waals surface area contributed by atoms with Crippen molar-refractivity contribution in [1.29, 1.82) is 0 Å². The minimum absolute atomic E-state index is 0.174. The van der Waals surface area contributed by atoms with Gasteiger partial charge in [0.1, 0.15) is 5.82 Å². The first-order valence-electron chi connectivity index (χ1n) is 4.89. The third kappa shape index (κ3) is 3.22. The van der Waals surface area contributed by atoms with Gasteiger partial charge >= 0.3 is 0 Å². The number of anilines is 1. The standard InChI is InChI=1S/C11H16FNS/c1-2-13(7-4-8-14)11-6-3-5-10(12)9-11/h3,5-6,9,14H,2,4,7-8H2,1H3. The molecule has 0 saturated carbocycles. The third-order valence-corrected chi connectivity index (χ3v) is 2.46. The maximum atomic E-state index is 12.9. The molecule has 0 radical (unpaired) electrons. The number of benzene rings is 1. The van der Waals surface area contributed by atoms with E-state index >= 15 is 0 Å². The molecule has 0 spiro atoms. The Balaban J connectivity index is 2.68. The molecule has 1 rings (SSSR count). The molecule has 0 heterocycles. The average molecular weight is 213 g/mol. The summed E-state index contributed by atoms with van der Waals surface area (Å²) in [6.45, 7) is 3.91. The van der Waals surface area contributed by atoms with E-state index in [4.69, 9.17) is 0 Å². The van der Waals surface area contributed by atoms with Crippen molar-refractivity contribution in [2.24, 2.45) is 0 Å². The molecule has 0 unspecified atom stereocenters. The van der Waals surface area contributed by atoms with Gasteiger partial charge in [-0.25, -0.2) is 4.39 Å². The highest BCUT2D eigenvalue weighted by Gasteiger charge is 2.03. The Morgan fingerprint density at radius 3 is 2.79 bits per heavy atom. The van der Waals surface area contributed by atoms with Crippen molar-refractivity contribution in [3.8, 4) is 0 Å². The molecular formula is C11H16FNS. The molecule has 1 aromatic carbocycles. The van der Waals surface area contributed by atoms with E-state index in [0.29, 0.717) is 0 Å². The molecule has 0 saturated heterocycles. The van der Waals surface area contributed by atoms with Gasteiger partial charge in [0.25, 0.3) is 0 Å². The van der Waals surface area contributed by atoms with Gasteiger partial charge in [-0.3, -0.25) is 0 Å². The molecule has 0 atom stereocenters. The number of halogens is 1. The highest BCUT2D eigenvalue weighted by molar-refractivity contribution is 7.80. The first-order chi connectivity index (χ1) is 6.77. The van der Waals surface area contributed by atoms with Crippen molar-refractivity contribution < 1.29 is 4.39 Å². The van der Waals surface area contributed by atoms with Crippen LogP contribution in [0.25, 0.3) is 0 Å². The molecule has 3 heteroatoms. The zero-order valence-electron chi connectivity index (χ0n) is 8.41. The van der Waals surface area contributed by atoms with E-state index in [1.807, 2.05) is 6.07 Å². The second-order valence-corrected chi connectivity index (χ2v) is 3.58. The van der Waals surface area contributed by atoms with Crippen molar-refractivity contribution in [3.63, 3.8) is 0 Å². The van der Waals surface area contributed by atoms with E-state index in [9.17, 15) is 4.39 Å². The van der Waals surface area contributed by atoms with E-state index < -0.39 is 0 Å². The zero-order chi connectivity index (χ0) is 10.4. The molecule has 0 amide bonds. The fraction of sp³-hybridized carbons (Fsp3) is 0.455. The largest absolute Gasteiger partial charge is 0.372 e. The van der Waals surface area contributed by atoms with E-state index in [1.165, 1.54) is 6.07 Å². The Morgan fingerprint density at radius 2 is 2.21 bits per heavy atom. The Labute approximate surface area is 90.3 Å². The fourth-order valence-corrected chi connectivity index (χ4v) is 1.55. The van der Waals surface area contributed by atoms with Crippen LogP contribution in [0.3, 0.4) is 0 Å². The van der Waals surface area contributed by atoms with Crippen LogP contribution in [-0.4, -0.2) is 18.8 Å². The topological polar surface area (TPSA) is 3.24 Å². The molecule has 0 fully saturated rings. The van der Waals surface area contributed by atoms with Crippen molar-refractivity contribution in [2.45, 2.75) is 13.3 Å². The van der Waals surface area contributed by atoms with E-state index in [2.05, 4.69) is 24.5 Å². The summed E-state index contributed by atoms with van der Waals surface area (Å²) in [6, 6.07) is 6.72. The summed E-state index contributed by atoms with van der Waals surface area (Å²) in [5, 5.41) is 0. The molecule has 1 aromatic rings. The lowest BCUT2D eigenvalue weighted by Gasteiger charge is -2.22. The molecule has 0 aliphatic heterocycles. The highest BCUT2D eigenvalue weighted by Crippen LogP contribution is 2.15. The normalized spacial score (nSPS) is 10.2. The van der Waals surface area contributed by atoms with Gasteiger partial charge in [0.05, 0.1) is 0 Å². The SMILES string of the molecule is CCN(CCCS)c1cccc(F)c1. The summed E-state index contributed by atoms with van der Waals surface area (Å²) in [6.07, 6.45) is 1.02. The van der Waals surface area contributed by atoms with Gasteiger partial charge in [-0.2, -0.15) is 12.6 Å². The first kappa shape index (κ1) is 11.4. The summed E-state index contributed by atoms with van der Waals surface area (Å²) in [5.41, 5.74) is 0.953. The molecule has 0 bridgehead atoms. The van der Waals surface area contributed by atoms with E-state index in [0.717, 1.165) is 31.0 Å². The molecule has 0 aromatic heterocycles. The number of nitrogens with zero attached hydrogens (tertiary/aromatic N) is 1. The van der Waals surface area contributed by atoms with Gasteiger partial charge < -0.3 is 4.90 Å². The summed E-state index contributed by atoms with van der Waals surface area (Å²) in [7, 11) is 0. The highest BCUT2D eigenvalue weighted by atomic mass is 32.1. The zero-order valence-corrected chi connectivity index (χ0v) is 9.30. The average Bonchev–Trinajstić information content (AvgIpc) is 2.19. The molecule has 78 valence electrons. The van der Waals surface area contributed by atoms with Crippen LogP contribution in [0.15, 0.2) is 24.3 Å². The number of hydrogen-bond donors (Lipinski definition) is 1. The monoisotopic (exact) mass is 213 g/mol. The van der Waals surface area contributed by atoms with Gasteiger partial charge in [-0.1, -0.05) is 6.07 Å². The molecular weight excluding hydrogens is 197 g/mol. The lowest BCUT2D eigenvalue weighted by atomic mass is 10.2. The minimum Gasteiger partial charge on any atom is -0.372 e. The second kappa shape index (κ2) is 5.91. The Hall–Kier alpha value is -0.700. The van der Waals surface area contributed by atoms with E-state index in [-0.39, 0.29) is 5.82 Å². The van der Waals surface area contributed by atoms with Crippen molar-refractivity contribution in [3.05, 3.63) is 30.1 Å². The van der Waals surface area contributed by atoms with Crippen molar-refractivity contribution in [1.82, 2.24) is 0 Å². The number of thiol groups is 1. The van der Waals surface area contributed by atoms with Crippen LogP contribution in [0.2, 0.25) is 0 Å². The quantitative estimate of drug-likeness (QED) is 0.736. The Bertz CT molecular complexity index is 278. The summed E-state index contributed by atoms with van der Waals surface area (Å²) in [4.78, 5) is 2.15. The van der Waals surface area contributed by atoms with Gasteiger partial charge in [0.2, 0.25) is 0 Å². The fourth-order valence-electron chi connectivity index (χ4n) is 1.40. The molecule has 0 aliphatic carbocycles. The lowest BCUT2D eigenvalue weighted by Crippen LogP contribution is -2.24. The third-order valence-electron chi connectivity index (χ3n) is 2.14. The van der Waals surface area contributed by atoms with Crippen LogP contribution in [0.5, 0.6) is 0 Å². The van der Waals surface area contributed by atoms with Crippen molar-refractivity contribution >= 4 is 18.3 Å². The smallest absolute Gasteiger partial charge is 0.125 e. The maximum Gasteiger partial charge on any atom is 0.125 e. The van der Waals surface area contributed by atoms with Crippen LogP contribution >= 0.6 is 12.6 Å². The lowest BCUT2D eigenvalue weighted by molar-refractivity contribution is 0.626. The summed E-state index contributed by atoms with van der Waals surface area (Å²) in [5.74, 6) is 0.693. The minimum atomic E-state index is -0.174. The van der Waals surface area contributed by atoms with Crippen LogP contribution in [-0.2, 0) is 0 Å². The Morgan fingerprint density at radius 1 is 1.43 bits per heavy atom. The van der Waals surface area contributed by atoms with Gasteiger partial charge in [-0.15, -0.1) is 0 Å². The predicted molar refractivity (Wildman–Crippen MR) is 62.8 cm³/mol. The van der Waals surface area contributed by atoms with E-state index in [1.54, 1.807) is 12.1 Å². The first-order valence-corrected chi connectivity index (χ1v) is 5.52. The van der Waals surface area contributed by atoms with Crippen LogP contribution < -0.4 is 4.90 Å². The Kier molecular flexibility index (Phi) is 4.80. The van der Waals surface area contributed by atoms with Gasteiger partial charge in [0, 0.05) is 18.8 Å².